The third kappa shape index (κ3) is 4.27. The summed E-state index contributed by atoms with van der Waals surface area (Å²) in [6.45, 7) is 6.03. The van der Waals surface area contributed by atoms with Crippen LogP contribution in [0.25, 0.3) is 0 Å². The van der Waals surface area contributed by atoms with E-state index in [9.17, 15) is 0 Å². The first-order chi connectivity index (χ1) is 8.21. The summed E-state index contributed by atoms with van der Waals surface area (Å²) in [5, 5.41) is 3.42. The summed E-state index contributed by atoms with van der Waals surface area (Å²) in [5.74, 6) is 1.54. The Balaban J connectivity index is 2.54. The van der Waals surface area contributed by atoms with E-state index in [-0.39, 0.29) is 0 Å². The predicted octanol–water partition coefficient (Wildman–Crippen LogP) is 2.65. The third-order valence-corrected chi connectivity index (χ3v) is 3.03. The van der Waals surface area contributed by atoms with Crippen LogP contribution in [0.1, 0.15) is 25.8 Å². The first-order valence-corrected chi connectivity index (χ1v) is 6.32. The topological polar surface area (TPSA) is 47.3 Å². The van der Waals surface area contributed by atoms with E-state index in [0.29, 0.717) is 5.92 Å². The third-order valence-electron chi connectivity index (χ3n) is 3.03. The first kappa shape index (κ1) is 13.8. The van der Waals surface area contributed by atoms with E-state index >= 15 is 0 Å². The van der Waals surface area contributed by atoms with Crippen molar-refractivity contribution in [2.24, 2.45) is 11.7 Å². The van der Waals surface area contributed by atoms with E-state index in [2.05, 4.69) is 31.3 Å². The zero-order chi connectivity index (χ0) is 12.7. The van der Waals surface area contributed by atoms with E-state index in [1.165, 1.54) is 5.56 Å². The second-order valence-corrected chi connectivity index (χ2v) is 4.44. The Hall–Kier alpha value is -1.22. The Morgan fingerprint density at radius 1 is 1.41 bits per heavy atom. The normalized spacial score (nSPS) is 12.2. The summed E-state index contributed by atoms with van der Waals surface area (Å²) in [5.41, 5.74) is 7.99. The lowest BCUT2D eigenvalue weighted by atomic mass is 10.1. The van der Waals surface area contributed by atoms with Gasteiger partial charge in [-0.05, 0) is 49.1 Å². The fourth-order valence-corrected chi connectivity index (χ4v) is 1.75. The molecule has 1 rings (SSSR count). The van der Waals surface area contributed by atoms with Gasteiger partial charge >= 0.3 is 0 Å². The summed E-state index contributed by atoms with van der Waals surface area (Å²) in [4.78, 5) is 0. The minimum Gasteiger partial charge on any atom is -0.496 e. The van der Waals surface area contributed by atoms with Crippen molar-refractivity contribution < 1.29 is 4.74 Å². The molecular weight excluding hydrogens is 212 g/mol. The zero-order valence-corrected chi connectivity index (χ0v) is 11.1. The second-order valence-electron chi connectivity index (χ2n) is 4.44. The Morgan fingerprint density at radius 2 is 2.18 bits per heavy atom. The van der Waals surface area contributed by atoms with E-state index in [0.717, 1.165) is 37.4 Å². The number of benzene rings is 1. The quantitative estimate of drug-likeness (QED) is 0.765. The van der Waals surface area contributed by atoms with Crippen molar-refractivity contribution in [1.82, 2.24) is 0 Å². The number of ether oxygens (including phenoxy) is 1. The molecule has 0 aliphatic heterocycles. The lowest BCUT2D eigenvalue weighted by molar-refractivity contribution is 0.410. The first-order valence-electron chi connectivity index (χ1n) is 6.32. The highest BCUT2D eigenvalue weighted by Crippen LogP contribution is 2.23. The Labute approximate surface area is 104 Å². The van der Waals surface area contributed by atoms with Gasteiger partial charge in [-0.1, -0.05) is 13.8 Å². The number of anilines is 1. The number of hydrogen-bond acceptors (Lipinski definition) is 3. The smallest absolute Gasteiger partial charge is 0.122 e. The highest BCUT2D eigenvalue weighted by molar-refractivity contribution is 5.51. The number of aryl methyl sites for hydroxylation is 1. The van der Waals surface area contributed by atoms with Crippen LogP contribution in [-0.2, 0) is 6.42 Å². The largest absolute Gasteiger partial charge is 0.496 e. The molecule has 0 radical (unpaired) electrons. The van der Waals surface area contributed by atoms with Gasteiger partial charge < -0.3 is 15.8 Å². The van der Waals surface area contributed by atoms with Crippen molar-refractivity contribution in [2.45, 2.75) is 26.7 Å². The fraction of sp³-hybridized carbons (Fsp3) is 0.571. The van der Waals surface area contributed by atoms with E-state index in [4.69, 9.17) is 10.5 Å². The monoisotopic (exact) mass is 236 g/mol. The summed E-state index contributed by atoms with van der Waals surface area (Å²) in [6.07, 6.45) is 2.09. The van der Waals surface area contributed by atoms with Gasteiger partial charge in [-0.2, -0.15) is 0 Å². The molecular formula is C14H24N2O. The van der Waals surface area contributed by atoms with Crippen LogP contribution < -0.4 is 15.8 Å². The standard InChI is InChI=1S/C14H24N2O/c1-4-12-9-13(5-6-14(12)17-3)16-8-7-11(2)10-15/h5-6,9,11,16H,4,7-8,10,15H2,1-3H3. The highest BCUT2D eigenvalue weighted by atomic mass is 16.5. The molecule has 1 atom stereocenters. The number of rotatable bonds is 7. The Kier molecular flexibility index (Phi) is 5.84. The summed E-state index contributed by atoms with van der Waals surface area (Å²) >= 11 is 0. The molecule has 0 amide bonds. The number of nitrogens with two attached hydrogens (primary N) is 1. The molecule has 3 heteroatoms. The molecule has 0 aliphatic rings. The SMILES string of the molecule is CCc1cc(NCCC(C)CN)ccc1OC. The van der Waals surface area contributed by atoms with Crippen LogP contribution in [0.4, 0.5) is 5.69 Å². The number of nitrogens with one attached hydrogen (secondary N) is 1. The Bertz CT molecular complexity index is 339. The molecule has 0 fully saturated rings. The van der Waals surface area contributed by atoms with Crippen LogP contribution in [0.5, 0.6) is 5.75 Å². The highest BCUT2D eigenvalue weighted by Gasteiger charge is 2.03. The molecule has 0 bridgehead atoms. The molecule has 1 unspecified atom stereocenters. The molecule has 0 spiro atoms. The molecule has 3 N–H and O–H groups in total. The molecule has 96 valence electrons. The van der Waals surface area contributed by atoms with E-state index in [1.807, 2.05) is 6.07 Å². The van der Waals surface area contributed by atoms with Gasteiger partial charge in [0.25, 0.3) is 0 Å². The summed E-state index contributed by atoms with van der Waals surface area (Å²) < 4.78 is 5.31. The van der Waals surface area contributed by atoms with Gasteiger partial charge in [-0.15, -0.1) is 0 Å². The molecule has 1 aromatic rings. The van der Waals surface area contributed by atoms with Crippen LogP contribution >= 0.6 is 0 Å². The molecule has 0 heterocycles. The average Bonchev–Trinajstić information content (AvgIpc) is 2.38. The van der Waals surface area contributed by atoms with Gasteiger partial charge in [0, 0.05) is 12.2 Å². The maximum atomic E-state index is 5.59. The summed E-state index contributed by atoms with van der Waals surface area (Å²) in [7, 11) is 1.71. The van der Waals surface area contributed by atoms with Gasteiger partial charge in [-0.25, -0.2) is 0 Å². The van der Waals surface area contributed by atoms with Gasteiger partial charge in [-0.3, -0.25) is 0 Å². The van der Waals surface area contributed by atoms with Crippen molar-refractivity contribution >= 4 is 5.69 Å². The molecule has 0 aliphatic carbocycles. The zero-order valence-electron chi connectivity index (χ0n) is 11.1. The molecule has 17 heavy (non-hydrogen) atoms. The minimum atomic E-state index is 0.575. The number of hydrogen-bond donors (Lipinski definition) is 2. The molecule has 0 saturated carbocycles. The maximum absolute atomic E-state index is 5.59. The lowest BCUT2D eigenvalue weighted by Gasteiger charge is -2.13. The van der Waals surface area contributed by atoms with E-state index in [1.54, 1.807) is 7.11 Å². The van der Waals surface area contributed by atoms with Crippen LogP contribution in [-0.4, -0.2) is 20.2 Å². The molecule has 0 aromatic heterocycles. The van der Waals surface area contributed by atoms with Crippen molar-refractivity contribution in [1.29, 1.82) is 0 Å². The van der Waals surface area contributed by atoms with Crippen molar-refractivity contribution in [2.75, 3.05) is 25.5 Å². The van der Waals surface area contributed by atoms with Gasteiger partial charge in [0.2, 0.25) is 0 Å². The number of methoxy groups -OCH3 is 1. The maximum Gasteiger partial charge on any atom is 0.122 e. The second kappa shape index (κ2) is 7.17. The Morgan fingerprint density at radius 3 is 2.76 bits per heavy atom. The molecule has 0 saturated heterocycles. The van der Waals surface area contributed by atoms with Gasteiger partial charge in [0.1, 0.15) is 5.75 Å². The average molecular weight is 236 g/mol. The van der Waals surface area contributed by atoms with Gasteiger partial charge in [0.15, 0.2) is 0 Å². The van der Waals surface area contributed by atoms with Gasteiger partial charge in [0.05, 0.1) is 7.11 Å². The van der Waals surface area contributed by atoms with Crippen molar-refractivity contribution in [3.63, 3.8) is 0 Å². The minimum absolute atomic E-state index is 0.575. The van der Waals surface area contributed by atoms with Crippen LogP contribution in [0.3, 0.4) is 0 Å². The van der Waals surface area contributed by atoms with E-state index < -0.39 is 0 Å². The molecule has 1 aromatic carbocycles. The summed E-state index contributed by atoms with van der Waals surface area (Å²) in [6, 6.07) is 6.24. The van der Waals surface area contributed by atoms with Crippen molar-refractivity contribution in [3.05, 3.63) is 23.8 Å². The van der Waals surface area contributed by atoms with Crippen LogP contribution in [0.15, 0.2) is 18.2 Å². The van der Waals surface area contributed by atoms with Crippen LogP contribution in [0, 0.1) is 5.92 Å². The van der Waals surface area contributed by atoms with Crippen molar-refractivity contribution in [3.8, 4) is 5.75 Å². The fourth-order valence-electron chi connectivity index (χ4n) is 1.75. The predicted molar refractivity (Wildman–Crippen MR) is 73.7 cm³/mol. The lowest BCUT2D eigenvalue weighted by Crippen LogP contribution is -2.15. The molecule has 3 nitrogen and oxygen atoms in total. The van der Waals surface area contributed by atoms with Crippen LogP contribution in [0.2, 0.25) is 0 Å².